The molecule has 2 aromatic rings. The van der Waals surface area contributed by atoms with Gasteiger partial charge in [0.2, 0.25) is 0 Å². The summed E-state index contributed by atoms with van der Waals surface area (Å²) in [5, 5.41) is 0. The summed E-state index contributed by atoms with van der Waals surface area (Å²) >= 11 is 0. The highest BCUT2D eigenvalue weighted by Gasteiger charge is 2.33. The van der Waals surface area contributed by atoms with E-state index in [1.54, 1.807) is 6.92 Å². The lowest BCUT2D eigenvalue weighted by molar-refractivity contribution is -0.137. The number of alkyl halides is 3. The third-order valence-electron chi connectivity index (χ3n) is 5.25. The van der Waals surface area contributed by atoms with Gasteiger partial charge in [0.25, 0.3) is 5.91 Å². The highest BCUT2D eigenvalue weighted by molar-refractivity contribution is 6.13. The predicted molar refractivity (Wildman–Crippen MR) is 120 cm³/mol. The lowest BCUT2D eigenvalue weighted by Crippen LogP contribution is -2.38. The van der Waals surface area contributed by atoms with Crippen LogP contribution in [0.4, 0.5) is 17.6 Å². The second-order valence-electron chi connectivity index (χ2n) is 7.78. The summed E-state index contributed by atoms with van der Waals surface area (Å²) in [6.45, 7) is 1.80. The maximum atomic E-state index is 15.0. The number of nitrogens with zero attached hydrogens (tertiary/aromatic N) is 2. The quantitative estimate of drug-likeness (QED) is 0.404. The van der Waals surface area contributed by atoms with Crippen LogP contribution in [0.25, 0.3) is 11.1 Å². The Morgan fingerprint density at radius 1 is 1.15 bits per heavy atom. The summed E-state index contributed by atoms with van der Waals surface area (Å²) in [6.07, 6.45) is 2.29. The van der Waals surface area contributed by atoms with E-state index < -0.39 is 23.5 Å². The first-order valence-electron chi connectivity index (χ1n) is 10.3. The number of allylic oxidation sites excluding steroid dienone is 1. The van der Waals surface area contributed by atoms with E-state index in [-0.39, 0.29) is 59.7 Å². The molecule has 1 amide bonds. The van der Waals surface area contributed by atoms with Gasteiger partial charge in [0.05, 0.1) is 5.56 Å². The zero-order chi connectivity index (χ0) is 25.0. The number of benzene rings is 2. The third kappa shape index (κ3) is 5.52. The fraction of sp³-hybridized carbons (Fsp3) is 0.240. The number of Topliss-reactive ketones (excluding diaryl/α,β-unsaturated/α-hetero) is 1. The van der Waals surface area contributed by atoms with Crippen molar-refractivity contribution in [1.29, 1.82) is 0 Å². The summed E-state index contributed by atoms with van der Waals surface area (Å²) in [7, 11) is 0. The smallest absolute Gasteiger partial charge is 0.401 e. The minimum Gasteiger partial charge on any atom is -0.401 e. The maximum absolute atomic E-state index is 15.0. The van der Waals surface area contributed by atoms with Crippen LogP contribution >= 0.6 is 0 Å². The molecule has 0 unspecified atom stereocenters. The first kappa shape index (κ1) is 24.7. The van der Waals surface area contributed by atoms with E-state index in [1.165, 1.54) is 23.2 Å². The number of halogens is 4. The van der Waals surface area contributed by atoms with Crippen molar-refractivity contribution in [1.82, 2.24) is 4.90 Å². The number of rotatable bonds is 4. The van der Waals surface area contributed by atoms with Crippen LogP contribution in [0.1, 0.15) is 41.3 Å². The maximum Gasteiger partial charge on any atom is 0.416 e. The number of hydrogen-bond donors (Lipinski definition) is 1. The molecule has 2 N–H and O–H groups in total. The average Bonchev–Trinajstić information content (AvgIpc) is 2.79. The number of piperidine rings is 1. The van der Waals surface area contributed by atoms with Gasteiger partial charge in [-0.2, -0.15) is 13.2 Å². The molecule has 0 spiro atoms. The molecule has 0 saturated carbocycles. The van der Waals surface area contributed by atoms with Crippen molar-refractivity contribution >= 4 is 17.4 Å². The second-order valence-corrected chi connectivity index (χ2v) is 7.78. The molecule has 5 nitrogen and oxygen atoms in total. The largest absolute Gasteiger partial charge is 0.416 e. The van der Waals surface area contributed by atoms with E-state index in [9.17, 15) is 27.2 Å². The monoisotopic (exact) mass is 471 g/mol. The van der Waals surface area contributed by atoms with E-state index in [1.807, 2.05) is 0 Å². The molecule has 0 aromatic heterocycles. The Morgan fingerprint density at radius 3 is 2.38 bits per heavy atom. The second kappa shape index (κ2) is 9.91. The predicted octanol–water partition coefficient (Wildman–Crippen LogP) is 4.56. The van der Waals surface area contributed by atoms with Crippen LogP contribution in [-0.2, 0) is 11.0 Å². The Morgan fingerprint density at radius 2 is 1.82 bits per heavy atom. The molecule has 0 aliphatic carbocycles. The molecule has 176 valence electrons. The number of carbonyl (C=O) groups is 2. The van der Waals surface area contributed by atoms with Crippen LogP contribution < -0.4 is 5.73 Å². The number of nitrogens with two attached hydrogens (primary N) is 1. The summed E-state index contributed by atoms with van der Waals surface area (Å²) in [6, 6.07) is 6.60. The lowest BCUT2D eigenvalue weighted by atomic mass is 9.94. The molecule has 1 heterocycles. The molecule has 1 saturated heterocycles. The molecule has 0 bridgehead atoms. The van der Waals surface area contributed by atoms with E-state index in [0.717, 1.165) is 24.3 Å². The summed E-state index contributed by atoms with van der Waals surface area (Å²) in [5.74, 6) is 0.829. The van der Waals surface area contributed by atoms with Crippen LogP contribution in [0.2, 0.25) is 0 Å². The number of hydrogen-bond acceptors (Lipinski definition) is 4. The Hall–Kier alpha value is -3.93. The van der Waals surface area contributed by atoms with Gasteiger partial charge in [0.1, 0.15) is 17.3 Å². The standard InChI is InChI=1S/C25H21F4N3O2/c1-3-23(31-14-15(2)30)20-6-4-16(12-22(20)26)19-7-5-17(25(27,28)29)13-21(19)24(34)32-10-8-18(33)9-11-32/h1,4-7,12-14H,8-11,30H2,2H3/b15-14+,31-23+. The molecule has 0 atom stereocenters. The first-order valence-corrected chi connectivity index (χ1v) is 10.3. The molecule has 34 heavy (non-hydrogen) atoms. The Kier molecular flexibility index (Phi) is 7.20. The highest BCUT2D eigenvalue weighted by atomic mass is 19.4. The van der Waals surface area contributed by atoms with E-state index in [0.29, 0.717) is 5.70 Å². The zero-order valence-corrected chi connectivity index (χ0v) is 18.2. The van der Waals surface area contributed by atoms with Crippen molar-refractivity contribution in [3.8, 4) is 23.5 Å². The topological polar surface area (TPSA) is 75.8 Å². The lowest BCUT2D eigenvalue weighted by Gasteiger charge is -2.27. The highest BCUT2D eigenvalue weighted by Crippen LogP contribution is 2.35. The van der Waals surface area contributed by atoms with Gasteiger partial charge in [-0.1, -0.05) is 12.1 Å². The minimum atomic E-state index is -4.67. The van der Waals surface area contributed by atoms with Crippen LogP contribution in [0.3, 0.4) is 0 Å². The van der Waals surface area contributed by atoms with Gasteiger partial charge in [0.15, 0.2) is 0 Å². The molecule has 9 heteroatoms. The van der Waals surface area contributed by atoms with Crippen molar-refractivity contribution in [2.45, 2.75) is 25.9 Å². The average molecular weight is 471 g/mol. The molecule has 1 aliphatic heterocycles. The molecule has 3 rings (SSSR count). The number of likely N-dealkylation sites (tertiary alicyclic amines) is 1. The normalized spacial score (nSPS) is 15.3. The molecule has 1 fully saturated rings. The van der Waals surface area contributed by atoms with Crippen molar-refractivity contribution < 1.29 is 27.2 Å². The fourth-order valence-corrected chi connectivity index (χ4v) is 3.50. The van der Waals surface area contributed by atoms with Gasteiger partial charge >= 0.3 is 6.18 Å². The Balaban J connectivity index is 2.08. The van der Waals surface area contributed by atoms with E-state index in [2.05, 4.69) is 10.9 Å². The first-order chi connectivity index (χ1) is 16.0. The van der Waals surface area contributed by atoms with Gasteiger partial charge in [-0.15, -0.1) is 6.42 Å². The van der Waals surface area contributed by atoms with Crippen molar-refractivity contribution in [2.24, 2.45) is 10.7 Å². The van der Waals surface area contributed by atoms with Crippen molar-refractivity contribution in [3.05, 3.63) is 70.8 Å². The molecule has 2 aromatic carbocycles. The van der Waals surface area contributed by atoms with Crippen molar-refractivity contribution in [3.63, 3.8) is 0 Å². The molecular formula is C25H21F4N3O2. The Bertz CT molecular complexity index is 1230. The molecule has 1 aliphatic rings. The van der Waals surface area contributed by atoms with E-state index >= 15 is 0 Å². The summed E-state index contributed by atoms with van der Waals surface area (Å²) < 4.78 is 55.0. The summed E-state index contributed by atoms with van der Waals surface area (Å²) in [5.41, 5.74) is 4.94. The molecule has 0 radical (unpaired) electrons. The van der Waals surface area contributed by atoms with Gasteiger partial charge < -0.3 is 10.6 Å². The third-order valence-corrected chi connectivity index (χ3v) is 5.25. The number of carbonyl (C=O) groups excluding carboxylic acids is 2. The van der Waals surface area contributed by atoms with Gasteiger partial charge in [-0.25, -0.2) is 9.38 Å². The van der Waals surface area contributed by atoms with Crippen LogP contribution in [0.5, 0.6) is 0 Å². The Labute approximate surface area is 194 Å². The van der Waals surface area contributed by atoms with Gasteiger partial charge in [-0.3, -0.25) is 9.59 Å². The number of terminal acetylenes is 1. The van der Waals surface area contributed by atoms with Crippen LogP contribution in [-0.4, -0.2) is 35.4 Å². The molecular weight excluding hydrogens is 450 g/mol. The SMILES string of the molecule is C#C/C(=N\C=C(/C)N)c1ccc(-c2ccc(C(F)(F)F)cc2C(=O)N2CCC(=O)CC2)cc1F. The van der Waals surface area contributed by atoms with Crippen LogP contribution in [0.15, 0.2) is 53.3 Å². The number of amides is 1. The van der Waals surface area contributed by atoms with Crippen LogP contribution in [0, 0.1) is 18.2 Å². The fourth-order valence-electron chi connectivity index (χ4n) is 3.50. The van der Waals surface area contributed by atoms with E-state index in [4.69, 9.17) is 12.2 Å². The number of aliphatic imine (C=N–C) groups is 1. The summed E-state index contributed by atoms with van der Waals surface area (Å²) in [4.78, 5) is 29.9. The minimum absolute atomic E-state index is 0.00178. The zero-order valence-electron chi connectivity index (χ0n) is 18.2. The number of ketones is 1. The van der Waals surface area contributed by atoms with Gasteiger partial charge in [0, 0.05) is 49.0 Å². The van der Waals surface area contributed by atoms with Crippen molar-refractivity contribution in [2.75, 3.05) is 13.1 Å². The van der Waals surface area contributed by atoms with Gasteiger partial charge in [-0.05, 0) is 48.2 Å².